The van der Waals surface area contributed by atoms with E-state index >= 15 is 0 Å². The highest BCUT2D eigenvalue weighted by atomic mass is 32.2. The largest absolute Gasteiger partial charge is 0.464 e. The number of amides is 1. The SMILES string of the molecule is CCOC(=O)C(Cc1cccc(C(C)(CCCC(C)(C)CS(=O)(=O)CCO)C(=O)NNC)c1)OC. The molecule has 1 rings (SSSR count). The van der Waals surface area contributed by atoms with E-state index in [1.54, 1.807) is 14.0 Å². The molecule has 10 heteroatoms. The Morgan fingerprint density at radius 1 is 1.17 bits per heavy atom. The lowest BCUT2D eigenvalue weighted by atomic mass is 9.75. The van der Waals surface area contributed by atoms with Gasteiger partial charge in [-0.25, -0.2) is 18.6 Å². The Labute approximate surface area is 209 Å². The summed E-state index contributed by atoms with van der Waals surface area (Å²) in [6.45, 7) is 7.23. The molecule has 1 aromatic rings. The van der Waals surface area contributed by atoms with E-state index in [1.165, 1.54) is 7.11 Å². The minimum absolute atomic E-state index is 0.0261. The summed E-state index contributed by atoms with van der Waals surface area (Å²) < 4.78 is 34.8. The van der Waals surface area contributed by atoms with E-state index in [4.69, 9.17) is 14.6 Å². The minimum atomic E-state index is -3.35. The second-order valence-corrected chi connectivity index (χ2v) is 11.9. The molecular formula is C25H42N2O7S. The number of carbonyl (C=O) groups is 2. The topological polar surface area (TPSA) is 131 Å². The summed E-state index contributed by atoms with van der Waals surface area (Å²) in [5.74, 6) is -0.923. The van der Waals surface area contributed by atoms with Crippen molar-refractivity contribution in [3.05, 3.63) is 35.4 Å². The number of hydrazine groups is 1. The standard InChI is InChI=1S/C25H42N2O7S/c1-7-34-22(29)21(33-6)17-19-10-8-11-20(16-19)25(4,23(30)27-26-5)13-9-12-24(2,3)18-35(31,32)15-14-28/h8,10-11,16,21,26,28H,7,9,12-15,17-18H2,1-6H3,(H,27,30). The Balaban J connectivity index is 3.10. The Hall–Kier alpha value is -2.01. The molecule has 3 N–H and O–H groups in total. The van der Waals surface area contributed by atoms with Crippen molar-refractivity contribution in [2.45, 2.75) is 64.9 Å². The van der Waals surface area contributed by atoms with Crippen LogP contribution in [0.5, 0.6) is 0 Å². The molecule has 2 unspecified atom stereocenters. The highest BCUT2D eigenvalue weighted by Crippen LogP contribution is 2.34. The van der Waals surface area contributed by atoms with Gasteiger partial charge in [-0.3, -0.25) is 10.2 Å². The number of carbonyl (C=O) groups excluding carboxylic acids is 2. The van der Waals surface area contributed by atoms with E-state index in [0.717, 1.165) is 11.1 Å². The number of aliphatic hydroxyl groups excluding tert-OH is 1. The molecule has 0 saturated heterocycles. The van der Waals surface area contributed by atoms with Gasteiger partial charge in [0.15, 0.2) is 15.9 Å². The van der Waals surface area contributed by atoms with Gasteiger partial charge in [-0.05, 0) is 43.2 Å². The molecule has 0 bridgehead atoms. The number of hydrogen-bond donors (Lipinski definition) is 3. The van der Waals surface area contributed by atoms with Gasteiger partial charge in [0.25, 0.3) is 0 Å². The molecule has 0 aliphatic heterocycles. The summed E-state index contributed by atoms with van der Waals surface area (Å²) in [6.07, 6.45) is 1.25. The van der Waals surface area contributed by atoms with Crippen molar-refractivity contribution in [3.63, 3.8) is 0 Å². The average molecular weight is 515 g/mol. The third kappa shape index (κ3) is 9.87. The maximum Gasteiger partial charge on any atom is 0.335 e. The lowest BCUT2D eigenvalue weighted by molar-refractivity contribution is -0.154. The number of sulfone groups is 1. The van der Waals surface area contributed by atoms with Crippen LogP contribution in [0.1, 0.15) is 58.1 Å². The Kier molecular flexibility index (Phi) is 12.3. The molecular weight excluding hydrogens is 472 g/mol. The fourth-order valence-electron chi connectivity index (χ4n) is 4.19. The van der Waals surface area contributed by atoms with Crippen LogP contribution in [0.4, 0.5) is 0 Å². The molecule has 0 aromatic heterocycles. The Morgan fingerprint density at radius 2 is 1.86 bits per heavy atom. The van der Waals surface area contributed by atoms with Gasteiger partial charge in [0.1, 0.15) is 0 Å². The molecule has 9 nitrogen and oxygen atoms in total. The van der Waals surface area contributed by atoms with E-state index in [-0.39, 0.29) is 24.0 Å². The van der Waals surface area contributed by atoms with Crippen molar-refractivity contribution in [3.8, 4) is 0 Å². The average Bonchev–Trinajstić information content (AvgIpc) is 2.76. The van der Waals surface area contributed by atoms with Crippen LogP contribution in [0.25, 0.3) is 0 Å². The summed E-state index contributed by atoms with van der Waals surface area (Å²) in [6, 6.07) is 7.50. The van der Waals surface area contributed by atoms with Gasteiger partial charge >= 0.3 is 5.97 Å². The van der Waals surface area contributed by atoms with Gasteiger partial charge in [0.2, 0.25) is 5.91 Å². The molecule has 0 fully saturated rings. The number of esters is 1. The normalized spacial score (nSPS) is 14.7. The van der Waals surface area contributed by atoms with Crippen molar-refractivity contribution >= 4 is 21.7 Å². The molecule has 200 valence electrons. The van der Waals surface area contributed by atoms with Gasteiger partial charge in [0, 0.05) is 20.6 Å². The van der Waals surface area contributed by atoms with Gasteiger partial charge in [-0.1, -0.05) is 44.5 Å². The highest BCUT2D eigenvalue weighted by Gasteiger charge is 2.36. The summed E-state index contributed by atoms with van der Waals surface area (Å²) in [7, 11) is -0.278. The first-order chi connectivity index (χ1) is 16.3. The zero-order chi connectivity index (χ0) is 26.7. The molecule has 0 aliphatic rings. The van der Waals surface area contributed by atoms with Crippen molar-refractivity contribution in [2.75, 3.05) is 38.9 Å². The molecule has 0 radical (unpaired) electrons. The zero-order valence-electron chi connectivity index (χ0n) is 21.8. The Bertz CT molecular complexity index is 933. The monoisotopic (exact) mass is 514 g/mol. The van der Waals surface area contributed by atoms with Crippen LogP contribution in [0, 0.1) is 5.41 Å². The van der Waals surface area contributed by atoms with E-state index < -0.39 is 39.3 Å². The molecule has 0 heterocycles. The van der Waals surface area contributed by atoms with Gasteiger partial charge in [0.05, 0.1) is 30.1 Å². The van der Waals surface area contributed by atoms with Crippen LogP contribution in [-0.2, 0) is 40.7 Å². The van der Waals surface area contributed by atoms with Crippen LogP contribution >= 0.6 is 0 Å². The lowest BCUT2D eigenvalue weighted by Gasteiger charge is -2.31. The van der Waals surface area contributed by atoms with Gasteiger partial charge in [-0.2, -0.15) is 0 Å². The van der Waals surface area contributed by atoms with Crippen molar-refractivity contribution in [1.29, 1.82) is 0 Å². The highest BCUT2D eigenvalue weighted by molar-refractivity contribution is 7.91. The van der Waals surface area contributed by atoms with Crippen molar-refractivity contribution in [1.82, 2.24) is 10.9 Å². The Morgan fingerprint density at radius 3 is 2.43 bits per heavy atom. The van der Waals surface area contributed by atoms with Crippen LogP contribution in [0.15, 0.2) is 24.3 Å². The summed E-state index contributed by atoms with van der Waals surface area (Å²) in [5.41, 5.74) is 5.60. The van der Waals surface area contributed by atoms with Crippen molar-refractivity contribution < 1.29 is 32.6 Å². The maximum atomic E-state index is 13.1. The fourth-order valence-corrected chi connectivity index (χ4v) is 5.95. The number of hydrogen-bond acceptors (Lipinski definition) is 8. The third-order valence-electron chi connectivity index (χ3n) is 6.10. The smallest absolute Gasteiger partial charge is 0.335 e. The zero-order valence-corrected chi connectivity index (χ0v) is 22.7. The summed E-state index contributed by atoms with van der Waals surface area (Å²) >= 11 is 0. The molecule has 2 atom stereocenters. The predicted molar refractivity (Wildman–Crippen MR) is 136 cm³/mol. The van der Waals surface area contributed by atoms with E-state index in [9.17, 15) is 18.0 Å². The molecule has 1 aromatic carbocycles. The molecule has 0 saturated carbocycles. The fraction of sp³-hybridized carbons (Fsp3) is 0.680. The predicted octanol–water partition coefficient (Wildman–Crippen LogP) is 1.92. The molecule has 0 spiro atoms. The number of rotatable bonds is 16. The van der Waals surface area contributed by atoms with E-state index in [2.05, 4.69) is 10.9 Å². The van der Waals surface area contributed by atoms with Gasteiger partial charge < -0.3 is 14.6 Å². The van der Waals surface area contributed by atoms with Gasteiger partial charge in [-0.15, -0.1) is 0 Å². The van der Waals surface area contributed by atoms with Crippen LogP contribution < -0.4 is 10.9 Å². The second-order valence-electron chi connectivity index (χ2n) is 9.75. The quantitative estimate of drug-likeness (QED) is 0.225. The van der Waals surface area contributed by atoms with Crippen LogP contribution in [0.3, 0.4) is 0 Å². The minimum Gasteiger partial charge on any atom is -0.464 e. The van der Waals surface area contributed by atoms with E-state index in [0.29, 0.717) is 25.7 Å². The molecule has 1 amide bonds. The summed E-state index contributed by atoms with van der Waals surface area (Å²) in [5, 5.41) is 9.01. The molecule has 35 heavy (non-hydrogen) atoms. The van der Waals surface area contributed by atoms with E-state index in [1.807, 2.05) is 45.0 Å². The van der Waals surface area contributed by atoms with Crippen LogP contribution in [-0.4, -0.2) is 70.4 Å². The second kappa shape index (κ2) is 13.9. The first-order valence-corrected chi connectivity index (χ1v) is 13.7. The first kappa shape index (κ1) is 31.0. The number of benzene rings is 1. The van der Waals surface area contributed by atoms with Crippen LogP contribution in [0.2, 0.25) is 0 Å². The van der Waals surface area contributed by atoms with Crippen molar-refractivity contribution in [2.24, 2.45) is 5.41 Å². The maximum absolute atomic E-state index is 13.1. The molecule has 0 aliphatic carbocycles. The first-order valence-electron chi connectivity index (χ1n) is 11.9. The number of methoxy groups -OCH3 is 1. The number of ether oxygens (including phenoxy) is 2. The number of nitrogens with one attached hydrogen (secondary N) is 2. The number of aliphatic hydroxyl groups is 1. The lowest BCUT2D eigenvalue weighted by Crippen LogP contribution is -2.47. The summed E-state index contributed by atoms with van der Waals surface area (Å²) in [4.78, 5) is 25.3. The third-order valence-corrected chi connectivity index (χ3v) is 8.13.